The van der Waals surface area contributed by atoms with E-state index >= 15 is 0 Å². The normalized spacial score (nSPS) is 23.7. The highest BCUT2D eigenvalue weighted by Gasteiger charge is 2.47. The SMILES string of the molecule is COc1cccc([C@H]2C(=C(O)c3ccc4c(c3)OCCO4)C(=O)C(=O)N2C[C@@H]2CCCO2)c1. The van der Waals surface area contributed by atoms with E-state index in [0.29, 0.717) is 48.2 Å². The number of amides is 1. The van der Waals surface area contributed by atoms with Gasteiger partial charge in [0, 0.05) is 18.7 Å². The van der Waals surface area contributed by atoms with E-state index in [0.717, 1.165) is 12.8 Å². The average Bonchev–Trinajstić information content (AvgIpc) is 3.45. The highest BCUT2D eigenvalue weighted by molar-refractivity contribution is 6.46. The van der Waals surface area contributed by atoms with E-state index in [2.05, 4.69) is 0 Å². The third-order valence-electron chi connectivity index (χ3n) is 6.19. The maximum Gasteiger partial charge on any atom is 0.295 e. The van der Waals surface area contributed by atoms with Gasteiger partial charge < -0.3 is 29.0 Å². The van der Waals surface area contributed by atoms with Crippen LogP contribution in [0.5, 0.6) is 17.2 Å². The molecule has 172 valence electrons. The highest BCUT2D eigenvalue weighted by Crippen LogP contribution is 2.42. The number of methoxy groups -OCH3 is 1. The minimum absolute atomic E-state index is 0.0305. The first-order valence-corrected chi connectivity index (χ1v) is 11.0. The standard InChI is InChI=1S/C25H25NO7/c1-30-17-5-2-4-15(12-17)22-21(24(28)25(29)26(22)14-18-6-3-9-31-18)23(27)16-7-8-19-20(13-16)33-11-10-32-19/h2,4-5,7-8,12-13,18,22,27H,3,6,9-11,14H2,1H3/t18-,22-/m0/s1. The van der Waals surface area contributed by atoms with E-state index in [1.165, 1.54) is 4.90 Å². The predicted octanol–water partition coefficient (Wildman–Crippen LogP) is 3.07. The van der Waals surface area contributed by atoms with Gasteiger partial charge in [0.2, 0.25) is 0 Å². The number of fused-ring (bicyclic) bond motifs is 1. The van der Waals surface area contributed by atoms with Crippen LogP contribution in [-0.4, -0.2) is 61.3 Å². The number of rotatable bonds is 5. The molecule has 0 aromatic heterocycles. The Morgan fingerprint density at radius 3 is 2.67 bits per heavy atom. The predicted molar refractivity (Wildman–Crippen MR) is 118 cm³/mol. The largest absolute Gasteiger partial charge is 0.507 e. The molecule has 0 saturated carbocycles. The zero-order chi connectivity index (χ0) is 22.9. The molecule has 8 heteroatoms. The van der Waals surface area contributed by atoms with Crippen molar-refractivity contribution in [1.82, 2.24) is 4.90 Å². The number of carbonyl (C=O) groups excluding carboxylic acids is 2. The molecule has 1 N–H and O–H groups in total. The second kappa shape index (κ2) is 8.78. The van der Waals surface area contributed by atoms with Crippen LogP contribution in [0, 0.1) is 0 Å². The molecular formula is C25H25NO7. The van der Waals surface area contributed by atoms with Crippen LogP contribution in [0.2, 0.25) is 0 Å². The van der Waals surface area contributed by atoms with Crippen molar-refractivity contribution < 1.29 is 33.6 Å². The minimum Gasteiger partial charge on any atom is -0.507 e. The van der Waals surface area contributed by atoms with Gasteiger partial charge in [0.15, 0.2) is 11.5 Å². The highest BCUT2D eigenvalue weighted by atomic mass is 16.6. The van der Waals surface area contributed by atoms with Gasteiger partial charge in [0.1, 0.15) is 24.7 Å². The minimum atomic E-state index is -0.766. The molecule has 33 heavy (non-hydrogen) atoms. The van der Waals surface area contributed by atoms with Crippen molar-refractivity contribution >= 4 is 17.4 Å². The van der Waals surface area contributed by atoms with Crippen molar-refractivity contribution in [1.29, 1.82) is 0 Å². The summed E-state index contributed by atoms with van der Waals surface area (Å²) in [5.74, 6) is 0.00549. The van der Waals surface area contributed by atoms with Crippen LogP contribution in [0.4, 0.5) is 0 Å². The number of ether oxygens (including phenoxy) is 4. The van der Waals surface area contributed by atoms with Crippen LogP contribution >= 0.6 is 0 Å². The van der Waals surface area contributed by atoms with E-state index in [1.807, 2.05) is 6.07 Å². The number of likely N-dealkylation sites (tertiary alicyclic amines) is 1. The van der Waals surface area contributed by atoms with Gasteiger partial charge in [-0.05, 0) is 48.7 Å². The Balaban J connectivity index is 1.61. The van der Waals surface area contributed by atoms with Crippen LogP contribution in [-0.2, 0) is 14.3 Å². The Morgan fingerprint density at radius 2 is 1.91 bits per heavy atom. The number of ketones is 1. The molecule has 2 aromatic rings. The van der Waals surface area contributed by atoms with Gasteiger partial charge in [-0.1, -0.05) is 12.1 Å². The molecule has 1 amide bonds. The lowest BCUT2D eigenvalue weighted by Crippen LogP contribution is -2.36. The summed E-state index contributed by atoms with van der Waals surface area (Å²) in [4.78, 5) is 27.8. The van der Waals surface area contributed by atoms with Gasteiger partial charge in [0.05, 0.1) is 24.8 Å². The number of nitrogens with zero attached hydrogens (tertiary/aromatic N) is 1. The fraction of sp³-hybridized carbons (Fsp3) is 0.360. The van der Waals surface area contributed by atoms with Crippen LogP contribution in [0.1, 0.15) is 30.0 Å². The average molecular weight is 451 g/mol. The molecule has 0 spiro atoms. The van der Waals surface area contributed by atoms with E-state index in [9.17, 15) is 14.7 Å². The summed E-state index contributed by atoms with van der Waals surface area (Å²) in [5, 5.41) is 11.3. The van der Waals surface area contributed by atoms with Crippen LogP contribution in [0.15, 0.2) is 48.0 Å². The lowest BCUT2D eigenvalue weighted by Gasteiger charge is -2.27. The molecule has 2 saturated heterocycles. The number of carbonyl (C=O) groups is 2. The van der Waals surface area contributed by atoms with E-state index in [1.54, 1.807) is 43.5 Å². The van der Waals surface area contributed by atoms with E-state index in [4.69, 9.17) is 18.9 Å². The number of Topliss-reactive ketones (excluding diaryl/α,β-unsaturated/α-hetero) is 1. The molecule has 2 fully saturated rings. The number of hydrogen-bond acceptors (Lipinski definition) is 7. The summed E-state index contributed by atoms with van der Waals surface area (Å²) in [7, 11) is 1.55. The summed E-state index contributed by atoms with van der Waals surface area (Å²) in [5.41, 5.74) is 1.08. The summed E-state index contributed by atoms with van der Waals surface area (Å²) in [6, 6.07) is 11.4. The van der Waals surface area contributed by atoms with Crippen molar-refractivity contribution in [3.63, 3.8) is 0 Å². The molecule has 0 radical (unpaired) electrons. The van der Waals surface area contributed by atoms with Gasteiger partial charge in [0.25, 0.3) is 11.7 Å². The van der Waals surface area contributed by atoms with E-state index < -0.39 is 17.7 Å². The van der Waals surface area contributed by atoms with Gasteiger partial charge in [-0.15, -0.1) is 0 Å². The Hall–Kier alpha value is -3.52. The zero-order valence-corrected chi connectivity index (χ0v) is 18.3. The number of benzene rings is 2. The van der Waals surface area contributed by atoms with Crippen molar-refractivity contribution in [3.05, 3.63) is 59.2 Å². The maximum atomic E-state index is 13.2. The Kier molecular flexibility index (Phi) is 5.68. The lowest BCUT2D eigenvalue weighted by molar-refractivity contribution is -0.140. The first-order valence-electron chi connectivity index (χ1n) is 11.0. The zero-order valence-electron chi connectivity index (χ0n) is 18.3. The van der Waals surface area contributed by atoms with Gasteiger partial charge in [-0.25, -0.2) is 0 Å². The molecule has 0 unspecified atom stereocenters. The molecular weight excluding hydrogens is 426 g/mol. The maximum absolute atomic E-state index is 13.2. The van der Waals surface area contributed by atoms with Crippen molar-refractivity contribution in [3.8, 4) is 17.2 Å². The quantitative estimate of drug-likeness (QED) is 0.424. The number of aliphatic hydroxyl groups is 1. The first kappa shape index (κ1) is 21.3. The monoisotopic (exact) mass is 451 g/mol. The second-order valence-electron chi connectivity index (χ2n) is 8.22. The number of aliphatic hydroxyl groups excluding tert-OH is 1. The Bertz CT molecular complexity index is 1120. The molecule has 0 bridgehead atoms. The summed E-state index contributed by atoms with van der Waals surface area (Å²) in [6.45, 7) is 1.75. The lowest BCUT2D eigenvalue weighted by atomic mass is 9.95. The molecule has 0 aliphatic carbocycles. The molecule has 3 aliphatic rings. The first-order chi connectivity index (χ1) is 16.1. The molecule has 5 rings (SSSR count). The molecule has 2 aromatic carbocycles. The third kappa shape index (κ3) is 3.91. The topological polar surface area (TPSA) is 94.5 Å². The van der Waals surface area contributed by atoms with Gasteiger partial charge in [-0.2, -0.15) is 0 Å². The summed E-state index contributed by atoms with van der Waals surface area (Å²) < 4.78 is 22.3. The molecule has 8 nitrogen and oxygen atoms in total. The smallest absolute Gasteiger partial charge is 0.295 e. The Labute approximate surface area is 191 Å². The Morgan fingerprint density at radius 1 is 1.09 bits per heavy atom. The third-order valence-corrected chi connectivity index (χ3v) is 6.19. The van der Waals surface area contributed by atoms with Crippen LogP contribution in [0.25, 0.3) is 5.76 Å². The molecule has 3 aliphatic heterocycles. The van der Waals surface area contributed by atoms with Crippen LogP contribution in [0.3, 0.4) is 0 Å². The number of hydrogen-bond donors (Lipinski definition) is 1. The van der Waals surface area contributed by atoms with Gasteiger partial charge in [-0.3, -0.25) is 9.59 Å². The fourth-order valence-corrected chi connectivity index (χ4v) is 4.58. The van der Waals surface area contributed by atoms with Crippen LogP contribution < -0.4 is 14.2 Å². The molecule has 2 atom stereocenters. The van der Waals surface area contributed by atoms with Crippen molar-refractivity contribution in [2.24, 2.45) is 0 Å². The second-order valence-corrected chi connectivity index (χ2v) is 8.22. The van der Waals surface area contributed by atoms with Gasteiger partial charge >= 0.3 is 0 Å². The summed E-state index contributed by atoms with van der Waals surface area (Å²) in [6.07, 6.45) is 1.58. The van der Waals surface area contributed by atoms with E-state index in [-0.39, 0.29) is 24.0 Å². The molecule has 3 heterocycles. The van der Waals surface area contributed by atoms with Crippen molar-refractivity contribution in [2.75, 3.05) is 33.5 Å². The van der Waals surface area contributed by atoms with Crippen molar-refractivity contribution in [2.45, 2.75) is 25.0 Å². The summed E-state index contributed by atoms with van der Waals surface area (Å²) >= 11 is 0. The fourth-order valence-electron chi connectivity index (χ4n) is 4.58.